The number of hydrogen-bond donors (Lipinski definition) is 1. The lowest BCUT2D eigenvalue weighted by Gasteiger charge is -2.20. The molecule has 3 heterocycles. The van der Waals surface area contributed by atoms with E-state index in [1.807, 2.05) is 0 Å². The monoisotopic (exact) mass is 353 g/mol. The zero-order valence-corrected chi connectivity index (χ0v) is 15.6. The Hall–Kier alpha value is -1.03. The third kappa shape index (κ3) is 3.02. The molecule has 5 heteroatoms. The Balaban J connectivity index is 0.000000960. The summed E-state index contributed by atoms with van der Waals surface area (Å²) in [4.78, 5) is 7.47. The summed E-state index contributed by atoms with van der Waals surface area (Å²) in [5, 5.41) is 4.91. The molecule has 4 rings (SSSR count). The van der Waals surface area contributed by atoms with E-state index in [9.17, 15) is 0 Å². The van der Waals surface area contributed by atoms with Crippen molar-refractivity contribution < 1.29 is 0 Å². The molecule has 0 radical (unpaired) electrons. The summed E-state index contributed by atoms with van der Waals surface area (Å²) >= 11 is 0. The maximum Gasteiger partial charge on any atom is 0.129 e. The SMILES string of the molecule is Cc1ccc2c(C)cc(N3C[C@@H]4CCN[C@@H]4C3)nc2c1C.Cl.Cl. The van der Waals surface area contributed by atoms with Gasteiger partial charge in [-0.15, -0.1) is 24.8 Å². The van der Waals surface area contributed by atoms with Gasteiger partial charge in [0.25, 0.3) is 0 Å². The normalized spacial score (nSPS) is 22.7. The number of hydrogen-bond acceptors (Lipinski definition) is 3. The summed E-state index contributed by atoms with van der Waals surface area (Å²) in [6.45, 7) is 10.0. The van der Waals surface area contributed by atoms with Crippen LogP contribution in [0.5, 0.6) is 0 Å². The van der Waals surface area contributed by atoms with Crippen LogP contribution < -0.4 is 10.2 Å². The van der Waals surface area contributed by atoms with Gasteiger partial charge in [-0.3, -0.25) is 0 Å². The summed E-state index contributed by atoms with van der Waals surface area (Å²) in [6, 6.07) is 7.35. The highest BCUT2D eigenvalue weighted by atomic mass is 35.5. The summed E-state index contributed by atoms with van der Waals surface area (Å²) < 4.78 is 0. The van der Waals surface area contributed by atoms with E-state index in [2.05, 4.69) is 49.2 Å². The standard InChI is InChI=1S/C18H23N3.2ClH/c1-11-4-5-15-12(2)8-17(20-18(15)13(11)3)21-9-14-6-7-19-16(14)10-21;;/h4-5,8,14,16,19H,6-7,9-10H2,1-3H3;2*1H/t14-,16+;;/m0../s1. The van der Waals surface area contributed by atoms with Crippen LogP contribution in [0.2, 0.25) is 0 Å². The van der Waals surface area contributed by atoms with Crippen molar-refractivity contribution in [3.05, 3.63) is 34.9 Å². The number of aromatic nitrogens is 1. The van der Waals surface area contributed by atoms with Gasteiger partial charge in [0.15, 0.2) is 0 Å². The first-order valence-corrected chi connectivity index (χ1v) is 7.99. The maximum atomic E-state index is 5.00. The van der Waals surface area contributed by atoms with Gasteiger partial charge in [-0.25, -0.2) is 4.98 Å². The Bertz CT molecular complexity index is 705. The highest BCUT2D eigenvalue weighted by Gasteiger charge is 2.36. The first kappa shape index (κ1) is 18.3. The third-order valence-electron chi connectivity index (χ3n) is 5.39. The second-order valence-electron chi connectivity index (χ2n) is 6.72. The van der Waals surface area contributed by atoms with Crippen molar-refractivity contribution in [3.63, 3.8) is 0 Å². The molecule has 3 nitrogen and oxygen atoms in total. The van der Waals surface area contributed by atoms with Crippen LogP contribution in [-0.2, 0) is 0 Å². The van der Waals surface area contributed by atoms with Gasteiger partial charge >= 0.3 is 0 Å². The molecule has 0 bridgehead atoms. The second-order valence-corrected chi connectivity index (χ2v) is 6.72. The molecule has 1 N–H and O–H groups in total. The summed E-state index contributed by atoms with van der Waals surface area (Å²) in [5.41, 5.74) is 5.15. The van der Waals surface area contributed by atoms with E-state index < -0.39 is 0 Å². The number of aryl methyl sites for hydroxylation is 3. The fourth-order valence-electron chi connectivity index (χ4n) is 3.88. The van der Waals surface area contributed by atoms with Gasteiger partial charge in [-0.2, -0.15) is 0 Å². The highest BCUT2D eigenvalue weighted by molar-refractivity contribution is 5.87. The van der Waals surface area contributed by atoms with E-state index in [1.165, 1.54) is 40.6 Å². The number of pyridine rings is 1. The van der Waals surface area contributed by atoms with E-state index in [0.29, 0.717) is 6.04 Å². The van der Waals surface area contributed by atoms with Crippen LogP contribution >= 0.6 is 24.8 Å². The van der Waals surface area contributed by atoms with Crippen molar-refractivity contribution >= 4 is 41.5 Å². The van der Waals surface area contributed by atoms with Crippen molar-refractivity contribution in [1.29, 1.82) is 0 Å². The molecule has 2 aliphatic heterocycles. The van der Waals surface area contributed by atoms with Crippen molar-refractivity contribution in [2.45, 2.75) is 33.2 Å². The highest BCUT2D eigenvalue weighted by Crippen LogP contribution is 2.31. The second kappa shape index (κ2) is 6.84. The molecule has 2 fully saturated rings. The number of halogens is 2. The molecule has 0 saturated carbocycles. The lowest BCUT2D eigenvalue weighted by Crippen LogP contribution is -2.30. The molecule has 2 aromatic rings. The molecule has 2 atom stereocenters. The fourth-order valence-corrected chi connectivity index (χ4v) is 3.88. The molecule has 2 aliphatic rings. The first-order chi connectivity index (χ1) is 10.1. The number of fused-ring (bicyclic) bond motifs is 2. The topological polar surface area (TPSA) is 28.2 Å². The summed E-state index contributed by atoms with van der Waals surface area (Å²) in [6.07, 6.45) is 1.31. The molecule has 23 heavy (non-hydrogen) atoms. The molecule has 0 unspecified atom stereocenters. The molecular weight excluding hydrogens is 329 g/mol. The molecular formula is C18H25Cl2N3. The maximum absolute atomic E-state index is 5.00. The predicted molar refractivity (Wildman–Crippen MR) is 103 cm³/mol. The number of nitrogens with one attached hydrogen (secondary N) is 1. The fraction of sp³-hybridized carbons (Fsp3) is 0.500. The van der Waals surface area contributed by atoms with Gasteiger partial charge in [-0.05, 0) is 62.4 Å². The predicted octanol–water partition coefficient (Wildman–Crippen LogP) is 3.80. The molecule has 1 aromatic carbocycles. The minimum Gasteiger partial charge on any atom is -0.355 e. The number of rotatable bonds is 1. The molecule has 0 aliphatic carbocycles. The van der Waals surface area contributed by atoms with Gasteiger partial charge in [0.2, 0.25) is 0 Å². The largest absolute Gasteiger partial charge is 0.355 e. The van der Waals surface area contributed by atoms with E-state index in [0.717, 1.165) is 24.8 Å². The van der Waals surface area contributed by atoms with Crippen molar-refractivity contribution in [1.82, 2.24) is 10.3 Å². The van der Waals surface area contributed by atoms with Gasteiger partial charge in [0, 0.05) is 24.5 Å². The van der Waals surface area contributed by atoms with Gasteiger partial charge in [-0.1, -0.05) is 12.1 Å². The van der Waals surface area contributed by atoms with Gasteiger partial charge in [0.1, 0.15) is 5.82 Å². The minimum atomic E-state index is 0. The Morgan fingerprint density at radius 2 is 1.87 bits per heavy atom. The Kier molecular flexibility index (Phi) is 5.44. The van der Waals surface area contributed by atoms with Crippen LogP contribution in [0.3, 0.4) is 0 Å². The molecule has 0 amide bonds. The van der Waals surface area contributed by atoms with Crippen LogP contribution in [0.15, 0.2) is 18.2 Å². The van der Waals surface area contributed by atoms with Crippen molar-refractivity contribution in [2.75, 3.05) is 24.5 Å². The molecule has 2 saturated heterocycles. The van der Waals surface area contributed by atoms with Crippen LogP contribution in [0.4, 0.5) is 5.82 Å². The molecule has 126 valence electrons. The Morgan fingerprint density at radius 3 is 2.61 bits per heavy atom. The average Bonchev–Trinajstić information content (AvgIpc) is 3.04. The summed E-state index contributed by atoms with van der Waals surface area (Å²) in [5.74, 6) is 1.96. The van der Waals surface area contributed by atoms with Gasteiger partial charge < -0.3 is 10.2 Å². The molecule has 0 spiro atoms. The van der Waals surface area contributed by atoms with Gasteiger partial charge in [0.05, 0.1) is 5.52 Å². The first-order valence-electron chi connectivity index (χ1n) is 7.99. The van der Waals surface area contributed by atoms with Crippen LogP contribution in [0.25, 0.3) is 10.9 Å². The number of benzene rings is 1. The average molecular weight is 354 g/mol. The van der Waals surface area contributed by atoms with Crippen LogP contribution in [-0.4, -0.2) is 30.7 Å². The molecule has 1 aromatic heterocycles. The smallest absolute Gasteiger partial charge is 0.129 e. The van der Waals surface area contributed by atoms with Crippen molar-refractivity contribution in [3.8, 4) is 0 Å². The zero-order chi connectivity index (χ0) is 14.6. The van der Waals surface area contributed by atoms with E-state index in [1.54, 1.807) is 0 Å². The van der Waals surface area contributed by atoms with Crippen molar-refractivity contribution in [2.24, 2.45) is 5.92 Å². The zero-order valence-electron chi connectivity index (χ0n) is 13.9. The van der Waals surface area contributed by atoms with E-state index >= 15 is 0 Å². The Labute approximate surface area is 150 Å². The number of anilines is 1. The minimum absolute atomic E-state index is 0. The van der Waals surface area contributed by atoms with Crippen LogP contribution in [0.1, 0.15) is 23.1 Å². The summed E-state index contributed by atoms with van der Waals surface area (Å²) in [7, 11) is 0. The quantitative estimate of drug-likeness (QED) is 0.844. The van der Waals surface area contributed by atoms with E-state index in [4.69, 9.17) is 4.98 Å². The lowest BCUT2D eigenvalue weighted by molar-refractivity contribution is 0.556. The van der Waals surface area contributed by atoms with Crippen LogP contribution in [0, 0.1) is 26.7 Å². The van der Waals surface area contributed by atoms with E-state index in [-0.39, 0.29) is 24.8 Å². The Morgan fingerprint density at radius 1 is 1.09 bits per heavy atom. The lowest BCUT2D eigenvalue weighted by atomic mass is 10.0. The number of nitrogens with zero attached hydrogens (tertiary/aromatic N) is 2. The third-order valence-corrected chi connectivity index (χ3v) is 5.39.